The van der Waals surface area contributed by atoms with Gasteiger partial charge in [0.25, 0.3) is 0 Å². The fourth-order valence-electron chi connectivity index (χ4n) is 4.17. The highest BCUT2D eigenvalue weighted by molar-refractivity contribution is 5.79. The van der Waals surface area contributed by atoms with Gasteiger partial charge in [0.2, 0.25) is 5.91 Å². The molecule has 4 rings (SSSR count). The molecule has 25 heavy (non-hydrogen) atoms. The molecule has 0 aliphatic carbocycles. The molecule has 1 aromatic heterocycles. The van der Waals surface area contributed by atoms with Crippen molar-refractivity contribution in [3.05, 3.63) is 30.1 Å². The van der Waals surface area contributed by atoms with Crippen molar-refractivity contribution in [2.45, 2.75) is 50.5 Å². The van der Waals surface area contributed by atoms with E-state index < -0.39 is 0 Å². The van der Waals surface area contributed by atoms with Gasteiger partial charge >= 0.3 is 0 Å². The number of aromatic nitrogens is 1. The van der Waals surface area contributed by atoms with Gasteiger partial charge in [0.05, 0.1) is 12.6 Å². The molecule has 0 bridgehead atoms. The van der Waals surface area contributed by atoms with E-state index in [1.807, 2.05) is 17.0 Å². The van der Waals surface area contributed by atoms with Crippen LogP contribution in [0.4, 0.5) is 0 Å². The lowest BCUT2D eigenvalue weighted by Gasteiger charge is -2.34. The Bertz CT molecular complexity index is 576. The van der Waals surface area contributed by atoms with Gasteiger partial charge in [-0.2, -0.15) is 0 Å². The summed E-state index contributed by atoms with van der Waals surface area (Å²) in [6, 6.07) is 4.07. The fourth-order valence-corrected chi connectivity index (χ4v) is 4.17. The van der Waals surface area contributed by atoms with Crippen LogP contribution >= 0.6 is 0 Å². The number of nitrogens with zero attached hydrogens (tertiary/aromatic N) is 2. The molecule has 136 valence electrons. The average Bonchev–Trinajstić information content (AvgIpc) is 3.06. The van der Waals surface area contributed by atoms with E-state index in [9.17, 15) is 4.79 Å². The second-order valence-corrected chi connectivity index (χ2v) is 7.13. The van der Waals surface area contributed by atoms with Gasteiger partial charge < -0.3 is 19.1 Å². The number of ether oxygens (including phenoxy) is 3. The Morgan fingerprint density at radius 3 is 2.80 bits per heavy atom. The normalized spacial score (nSPS) is 30.2. The van der Waals surface area contributed by atoms with Crippen LogP contribution in [0.1, 0.15) is 31.2 Å². The summed E-state index contributed by atoms with van der Waals surface area (Å²) in [6.45, 7) is 3.30. The minimum Gasteiger partial charge on any atom is -0.381 e. The first-order valence-electron chi connectivity index (χ1n) is 9.33. The van der Waals surface area contributed by atoms with Gasteiger partial charge in [-0.15, -0.1) is 0 Å². The Morgan fingerprint density at radius 2 is 2.00 bits per heavy atom. The van der Waals surface area contributed by atoms with E-state index in [0.717, 1.165) is 37.9 Å². The molecule has 1 aromatic rings. The first kappa shape index (κ1) is 16.9. The van der Waals surface area contributed by atoms with Gasteiger partial charge in [-0.1, -0.05) is 0 Å². The highest BCUT2D eigenvalue weighted by Crippen LogP contribution is 2.33. The predicted octanol–water partition coefficient (Wildman–Crippen LogP) is 1.78. The third kappa shape index (κ3) is 3.71. The van der Waals surface area contributed by atoms with E-state index in [1.54, 1.807) is 12.4 Å². The molecule has 6 nitrogen and oxygen atoms in total. The summed E-state index contributed by atoms with van der Waals surface area (Å²) < 4.78 is 17.6. The number of amides is 1. The van der Waals surface area contributed by atoms with Crippen molar-refractivity contribution in [3.63, 3.8) is 0 Å². The van der Waals surface area contributed by atoms with E-state index in [2.05, 4.69) is 4.98 Å². The van der Waals surface area contributed by atoms with Crippen LogP contribution in [0.2, 0.25) is 0 Å². The first-order valence-corrected chi connectivity index (χ1v) is 9.33. The predicted molar refractivity (Wildman–Crippen MR) is 90.8 cm³/mol. The first-order chi connectivity index (χ1) is 12.3. The van der Waals surface area contributed by atoms with Crippen LogP contribution in [0, 0.1) is 5.92 Å². The van der Waals surface area contributed by atoms with E-state index in [4.69, 9.17) is 14.2 Å². The number of carbonyl (C=O) groups excluding carboxylic acids is 1. The summed E-state index contributed by atoms with van der Waals surface area (Å²) in [5, 5.41) is 0. The second kappa shape index (κ2) is 7.81. The summed E-state index contributed by atoms with van der Waals surface area (Å²) in [5.74, 6) is 0.356. The largest absolute Gasteiger partial charge is 0.381 e. The quantitative estimate of drug-likeness (QED) is 0.832. The number of rotatable bonds is 4. The summed E-state index contributed by atoms with van der Waals surface area (Å²) in [5.41, 5.74) is 1.09. The van der Waals surface area contributed by atoms with Crippen molar-refractivity contribution in [3.8, 4) is 0 Å². The van der Waals surface area contributed by atoms with Crippen LogP contribution in [-0.4, -0.2) is 60.4 Å². The van der Waals surface area contributed by atoms with Crippen molar-refractivity contribution in [2.75, 3.05) is 26.4 Å². The van der Waals surface area contributed by atoms with E-state index in [0.29, 0.717) is 26.4 Å². The van der Waals surface area contributed by atoms with Crippen molar-refractivity contribution < 1.29 is 19.0 Å². The standard InChI is InChI=1S/C19H26N2O4/c22-19(15-5-10-23-11-6-15)21-12-17(18-16(21)2-1-9-24-18)25-13-14-3-7-20-8-4-14/h3-4,7-8,15-18H,1-2,5-6,9-13H2/t16-,17+,18+/m0/s1. The van der Waals surface area contributed by atoms with Crippen molar-refractivity contribution in [2.24, 2.45) is 5.92 Å². The van der Waals surface area contributed by atoms with E-state index in [1.165, 1.54) is 0 Å². The molecule has 3 aliphatic rings. The molecule has 0 saturated carbocycles. The molecule has 3 atom stereocenters. The van der Waals surface area contributed by atoms with Gasteiger partial charge in [0.1, 0.15) is 12.2 Å². The van der Waals surface area contributed by atoms with E-state index >= 15 is 0 Å². The molecule has 1 amide bonds. The Labute approximate surface area is 148 Å². The molecular weight excluding hydrogens is 320 g/mol. The molecular formula is C19H26N2O4. The second-order valence-electron chi connectivity index (χ2n) is 7.13. The highest BCUT2D eigenvalue weighted by Gasteiger charge is 2.47. The zero-order chi connectivity index (χ0) is 17.1. The van der Waals surface area contributed by atoms with Crippen LogP contribution in [0.15, 0.2) is 24.5 Å². The van der Waals surface area contributed by atoms with Crippen LogP contribution < -0.4 is 0 Å². The molecule has 6 heteroatoms. The third-order valence-corrected chi connectivity index (χ3v) is 5.54. The monoisotopic (exact) mass is 346 g/mol. The summed E-state index contributed by atoms with van der Waals surface area (Å²) in [4.78, 5) is 19.1. The van der Waals surface area contributed by atoms with Gasteiger partial charge in [0, 0.05) is 44.7 Å². The van der Waals surface area contributed by atoms with Crippen molar-refractivity contribution >= 4 is 5.91 Å². The van der Waals surface area contributed by atoms with Crippen LogP contribution in [0.3, 0.4) is 0 Å². The molecule has 4 heterocycles. The lowest BCUT2D eigenvalue weighted by molar-refractivity contribution is -0.142. The molecule has 3 aliphatic heterocycles. The zero-order valence-corrected chi connectivity index (χ0v) is 14.5. The average molecular weight is 346 g/mol. The maximum absolute atomic E-state index is 13.0. The van der Waals surface area contributed by atoms with Crippen LogP contribution in [0.5, 0.6) is 0 Å². The Morgan fingerprint density at radius 1 is 1.20 bits per heavy atom. The Balaban J connectivity index is 1.43. The molecule has 0 radical (unpaired) electrons. The number of carbonyl (C=O) groups is 1. The van der Waals surface area contributed by atoms with Crippen LogP contribution in [-0.2, 0) is 25.6 Å². The van der Waals surface area contributed by atoms with Crippen molar-refractivity contribution in [1.82, 2.24) is 9.88 Å². The van der Waals surface area contributed by atoms with Gasteiger partial charge in [-0.05, 0) is 43.4 Å². The van der Waals surface area contributed by atoms with Crippen molar-refractivity contribution in [1.29, 1.82) is 0 Å². The molecule has 0 spiro atoms. The van der Waals surface area contributed by atoms with Gasteiger partial charge in [-0.3, -0.25) is 9.78 Å². The lowest BCUT2D eigenvalue weighted by Crippen LogP contribution is -2.46. The molecule has 0 N–H and O–H groups in total. The summed E-state index contributed by atoms with van der Waals surface area (Å²) in [6.07, 6.45) is 7.17. The molecule has 3 saturated heterocycles. The molecule has 0 aromatic carbocycles. The third-order valence-electron chi connectivity index (χ3n) is 5.54. The Kier molecular flexibility index (Phi) is 5.29. The SMILES string of the molecule is O=C(C1CCOCC1)N1C[C@@H](OCc2ccncc2)[C@@H]2OCCC[C@@H]21. The Hall–Kier alpha value is -1.50. The maximum atomic E-state index is 13.0. The summed E-state index contributed by atoms with van der Waals surface area (Å²) in [7, 11) is 0. The molecule has 3 fully saturated rings. The summed E-state index contributed by atoms with van der Waals surface area (Å²) >= 11 is 0. The number of hydrogen-bond acceptors (Lipinski definition) is 5. The number of pyridine rings is 1. The van der Waals surface area contributed by atoms with Gasteiger partial charge in [-0.25, -0.2) is 0 Å². The maximum Gasteiger partial charge on any atom is 0.226 e. The lowest BCUT2D eigenvalue weighted by atomic mass is 9.97. The minimum atomic E-state index is -0.0535. The zero-order valence-electron chi connectivity index (χ0n) is 14.5. The number of likely N-dealkylation sites (tertiary alicyclic amines) is 1. The highest BCUT2D eigenvalue weighted by atomic mass is 16.5. The smallest absolute Gasteiger partial charge is 0.226 e. The number of hydrogen-bond donors (Lipinski definition) is 0. The topological polar surface area (TPSA) is 60.9 Å². The minimum absolute atomic E-state index is 0.000576. The van der Waals surface area contributed by atoms with Gasteiger partial charge in [0.15, 0.2) is 0 Å². The van der Waals surface area contributed by atoms with Crippen LogP contribution in [0.25, 0.3) is 0 Å². The van der Waals surface area contributed by atoms with E-state index in [-0.39, 0.29) is 30.1 Å². The number of fused-ring (bicyclic) bond motifs is 1. The molecule has 0 unspecified atom stereocenters. The fraction of sp³-hybridized carbons (Fsp3) is 0.684.